The first-order chi connectivity index (χ1) is 8.12. The number of hydrogen-bond acceptors (Lipinski definition) is 4. The number of hydrogen-bond donors (Lipinski definition) is 2. The molecule has 1 fully saturated rings. The number of nitrogens with two attached hydrogens (primary N) is 1. The van der Waals surface area contributed by atoms with Crippen LogP contribution in [-0.4, -0.2) is 14.5 Å². The molecule has 1 aliphatic rings. The van der Waals surface area contributed by atoms with Crippen molar-refractivity contribution < 1.29 is 8.42 Å². The van der Waals surface area contributed by atoms with E-state index in [1.807, 2.05) is 0 Å². The van der Waals surface area contributed by atoms with Gasteiger partial charge in [-0.05, 0) is 18.9 Å². The standard InChI is InChI=1S/C11H18N2O2S2/c12-7-10-6-11(8-16-10)17(14,15)13-9-4-2-1-3-5-9/h6,8-9,13H,1-5,7,12H2. The van der Waals surface area contributed by atoms with Crippen LogP contribution in [0.25, 0.3) is 0 Å². The Labute approximate surface area is 106 Å². The molecule has 0 bridgehead atoms. The van der Waals surface area contributed by atoms with E-state index in [2.05, 4.69) is 4.72 Å². The van der Waals surface area contributed by atoms with Crippen LogP contribution in [0.2, 0.25) is 0 Å². The normalized spacial score (nSPS) is 18.4. The summed E-state index contributed by atoms with van der Waals surface area (Å²) in [5, 5.41) is 1.66. The maximum Gasteiger partial charge on any atom is 0.241 e. The van der Waals surface area contributed by atoms with Crippen molar-refractivity contribution in [2.45, 2.75) is 49.6 Å². The molecule has 17 heavy (non-hydrogen) atoms. The minimum Gasteiger partial charge on any atom is -0.326 e. The van der Waals surface area contributed by atoms with Gasteiger partial charge in [-0.2, -0.15) is 0 Å². The van der Waals surface area contributed by atoms with E-state index in [0.717, 1.165) is 30.6 Å². The number of thiophene rings is 1. The quantitative estimate of drug-likeness (QED) is 0.879. The van der Waals surface area contributed by atoms with Crippen LogP contribution in [0.1, 0.15) is 37.0 Å². The molecular weight excluding hydrogens is 256 g/mol. The van der Waals surface area contributed by atoms with E-state index in [9.17, 15) is 8.42 Å². The average Bonchev–Trinajstić information content (AvgIpc) is 2.79. The Kier molecular flexibility index (Phi) is 4.19. The molecule has 1 aromatic rings. The van der Waals surface area contributed by atoms with Gasteiger partial charge in [-0.25, -0.2) is 13.1 Å². The van der Waals surface area contributed by atoms with E-state index in [4.69, 9.17) is 5.73 Å². The van der Waals surface area contributed by atoms with E-state index < -0.39 is 10.0 Å². The molecule has 4 nitrogen and oxygen atoms in total. The molecule has 0 amide bonds. The minimum atomic E-state index is -3.34. The highest BCUT2D eigenvalue weighted by Gasteiger charge is 2.22. The Morgan fingerprint density at radius 1 is 1.35 bits per heavy atom. The summed E-state index contributed by atoms with van der Waals surface area (Å²) < 4.78 is 27.0. The van der Waals surface area contributed by atoms with Crippen molar-refractivity contribution in [2.75, 3.05) is 0 Å². The van der Waals surface area contributed by atoms with Crippen LogP contribution in [-0.2, 0) is 16.6 Å². The molecule has 6 heteroatoms. The summed E-state index contributed by atoms with van der Waals surface area (Å²) in [4.78, 5) is 1.25. The highest BCUT2D eigenvalue weighted by molar-refractivity contribution is 7.89. The van der Waals surface area contributed by atoms with Crippen molar-refractivity contribution >= 4 is 21.4 Å². The zero-order valence-corrected chi connectivity index (χ0v) is 11.3. The molecule has 0 atom stereocenters. The maximum absolute atomic E-state index is 12.1. The van der Waals surface area contributed by atoms with E-state index in [0.29, 0.717) is 11.4 Å². The van der Waals surface area contributed by atoms with Crippen LogP contribution in [0.4, 0.5) is 0 Å². The highest BCUT2D eigenvalue weighted by Crippen LogP contribution is 2.22. The van der Waals surface area contributed by atoms with Gasteiger partial charge in [0.25, 0.3) is 0 Å². The maximum atomic E-state index is 12.1. The van der Waals surface area contributed by atoms with Gasteiger partial charge in [0.1, 0.15) is 0 Å². The molecule has 3 N–H and O–H groups in total. The number of sulfonamides is 1. The Hall–Kier alpha value is -0.430. The van der Waals surface area contributed by atoms with Crippen LogP contribution in [0.3, 0.4) is 0 Å². The zero-order chi connectivity index (χ0) is 12.3. The topological polar surface area (TPSA) is 72.2 Å². The van der Waals surface area contributed by atoms with E-state index in [1.54, 1.807) is 11.4 Å². The largest absolute Gasteiger partial charge is 0.326 e. The molecule has 1 saturated carbocycles. The van der Waals surface area contributed by atoms with Crippen LogP contribution in [0.5, 0.6) is 0 Å². The van der Waals surface area contributed by atoms with Crippen molar-refractivity contribution in [1.29, 1.82) is 0 Å². The van der Waals surface area contributed by atoms with Crippen LogP contribution in [0.15, 0.2) is 16.3 Å². The summed E-state index contributed by atoms with van der Waals surface area (Å²) in [6.45, 7) is 0.392. The Bertz CT molecular complexity index is 462. The summed E-state index contributed by atoms with van der Waals surface area (Å²) in [6, 6.07) is 1.77. The lowest BCUT2D eigenvalue weighted by atomic mass is 9.96. The van der Waals surface area contributed by atoms with E-state index in [1.165, 1.54) is 17.8 Å². The lowest BCUT2D eigenvalue weighted by Crippen LogP contribution is -2.35. The van der Waals surface area contributed by atoms with Gasteiger partial charge in [-0.1, -0.05) is 19.3 Å². The number of rotatable bonds is 4. The van der Waals surface area contributed by atoms with Crippen molar-refractivity contribution in [1.82, 2.24) is 4.72 Å². The van der Waals surface area contributed by atoms with Gasteiger partial charge in [0.15, 0.2) is 0 Å². The first-order valence-corrected chi connectivity index (χ1v) is 8.28. The van der Waals surface area contributed by atoms with Crippen molar-refractivity contribution in [2.24, 2.45) is 5.73 Å². The second-order valence-electron chi connectivity index (χ2n) is 4.41. The molecule has 0 radical (unpaired) electrons. The van der Waals surface area contributed by atoms with Gasteiger partial charge in [0.2, 0.25) is 10.0 Å². The summed E-state index contributed by atoms with van der Waals surface area (Å²) in [5.41, 5.74) is 5.49. The molecule has 1 aromatic heterocycles. The Balaban J connectivity index is 2.07. The Morgan fingerprint density at radius 2 is 2.06 bits per heavy atom. The van der Waals surface area contributed by atoms with Gasteiger partial charge in [0.05, 0.1) is 4.90 Å². The second kappa shape index (κ2) is 5.48. The van der Waals surface area contributed by atoms with E-state index >= 15 is 0 Å². The smallest absolute Gasteiger partial charge is 0.241 e. The summed E-state index contributed by atoms with van der Waals surface area (Å²) in [6.07, 6.45) is 5.35. The lowest BCUT2D eigenvalue weighted by Gasteiger charge is -2.22. The van der Waals surface area contributed by atoms with Crippen molar-refractivity contribution in [3.8, 4) is 0 Å². The molecule has 0 saturated heterocycles. The number of nitrogens with one attached hydrogen (secondary N) is 1. The van der Waals surface area contributed by atoms with Gasteiger partial charge in [0, 0.05) is 22.8 Å². The fourth-order valence-electron chi connectivity index (χ4n) is 2.12. The predicted molar refractivity (Wildman–Crippen MR) is 69.4 cm³/mol. The zero-order valence-electron chi connectivity index (χ0n) is 9.69. The molecule has 0 aliphatic heterocycles. The van der Waals surface area contributed by atoms with Crippen molar-refractivity contribution in [3.05, 3.63) is 16.3 Å². The fourth-order valence-corrected chi connectivity index (χ4v) is 4.58. The van der Waals surface area contributed by atoms with Crippen LogP contribution >= 0.6 is 11.3 Å². The molecule has 96 valence electrons. The van der Waals surface area contributed by atoms with Gasteiger partial charge < -0.3 is 5.73 Å². The third kappa shape index (κ3) is 3.28. The molecule has 0 unspecified atom stereocenters. The van der Waals surface area contributed by atoms with Crippen LogP contribution < -0.4 is 10.5 Å². The SMILES string of the molecule is NCc1cc(S(=O)(=O)NC2CCCCC2)cs1. The third-order valence-corrected chi connectivity index (χ3v) is 5.68. The molecule has 1 aliphatic carbocycles. The lowest BCUT2D eigenvalue weighted by molar-refractivity contribution is 0.412. The van der Waals surface area contributed by atoms with Gasteiger partial charge in [-0.15, -0.1) is 11.3 Å². The summed E-state index contributed by atoms with van der Waals surface area (Å²) >= 11 is 1.39. The monoisotopic (exact) mass is 274 g/mol. The highest BCUT2D eigenvalue weighted by atomic mass is 32.2. The van der Waals surface area contributed by atoms with Gasteiger partial charge >= 0.3 is 0 Å². The molecule has 0 aromatic carbocycles. The molecular formula is C11H18N2O2S2. The van der Waals surface area contributed by atoms with Crippen LogP contribution in [0, 0.1) is 0 Å². The molecule has 2 rings (SSSR count). The summed E-state index contributed by atoms with van der Waals surface area (Å²) in [5.74, 6) is 0. The second-order valence-corrected chi connectivity index (χ2v) is 7.12. The van der Waals surface area contributed by atoms with Gasteiger partial charge in [-0.3, -0.25) is 0 Å². The Morgan fingerprint density at radius 3 is 2.65 bits per heavy atom. The summed E-state index contributed by atoms with van der Waals surface area (Å²) in [7, 11) is -3.34. The van der Waals surface area contributed by atoms with Crippen molar-refractivity contribution in [3.63, 3.8) is 0 Å². The third-order valence-electron chi connectivity index (χ3n) is 3.07. The molecule has 1 heterocycles. The predicted octanol–water partition coefficient (Wildman–Crippen LogP) is 1.82. The fraction of sp³-hybridized carbons (Fsp3) is 0.636. The first kappa shape index (κ1) is 13.0. The van der Waals surface area contributed by atoms with E-state index in [-0.39, 0.29) is 6.04 Å². The molecule has 0 spiro atoms. The minimum absolute atomic E-state index is 0.106. The average molecular weight is 274 g/mol. The first-order valence-electron chi connectivity index (χ1n) is 5.91.